The molecule has 266 valence electrons. The van der Waals surface area contributed by atoms with Crippen LogP contribution in [0.3, 0.4) is 0 Å². The molecule has 0 spiro atoms. The maximum atomic E-state index is 13.8. The molecule has 1 aromatic carbocycles. The first-order chi connectivity index (χ1) is 23.3. The molecule has 3 aliphatic rings. The summed E-state index contributed by atoms with van der Waals surface area (Å²) in [5, 5.41) is 9.52. The Hall–Kier alpha value is -1.59. The van der Waals surface area contributed by atoms with Crippen molar-refractivity contribution in [2.45, 2.75) is 79.5 Å². The molecular weight excluding hydrogens is 840 g/mol. The third kappa shape index (κ3) is 8.40. The van der Waals surface area contributed by atoms with E-state index in [1.807, 2.05) is 24.3 Å². The zero-order valence-corrected chi connectivity index (χ0v) is 33.2. The monoisotopic (exact) mass is 876 g/mol. The summed E-state index contributed by atoms with van der Waals surface area (Å²) in [6.07, 6.45) is 8.60. The molecule has 49 heavy (non-hydrogen) atoms. The number of anilines is 1. The van der Waals surface area contributed by atoms with Crippen molar-refractivity contribution in [2.24, 2.45) is 11.8 Å². The van der Waals surface area contributed by atoms with E-state index in [9.17, 15) is 26.7 Å². The lowest BCUT2D eigenvalue weighted by Gasteiger charge is -2.36. The highest BCUT2D eigenvalue weighted by Crippen LogP contribution is 2.38. The third-order valence-corrected chi connectivity index (χ3v) is 17.3. The number of thiophene rings is 1. The van der Waals surface area contributed by atoms with Crippen molar-refractivity contribution < 1.29 is 26.7 Å². The lowest BCUT2D eigenvalue weighted by molar-refractivity contribution is -0.138. The van der Waals surface area contributed by atoms with E-state index in [4.69, 9.17) is 11.6 Å². The van der Waals surface area contributed by atoms with Gasteiger partial charge in [0.1, 0.15) is 19.3 Å². The number of aliphatic carboxylic acids is 1. The molecular formula is C33H39Br2ClN4O6S3. The predicted molar refractivity (Wildman–Crippen MR) is 198 cm³/mol. The van der Waals surface area contributed by atoms with Gasteiger partial charge in [-0.25, -0.2) is 21.8 Å². The maximum absolute atomic E-state index is 13.8. The van der Waals surface area contributed by atoms with Crippen molar-refractivity contribution in [3.05, 3.63) is 67.0 Å². The Morgan fingerprint density at radius 2 is 1.55 bits per heavy atom. The fourth-order valence-electron chi connectivity index (χ4n) is 7.29. The van der Waals surface area contributed by atoms with Gasteiger partial charge in [0, 0.05) is 49.4 Å². The molecule has 2 fully saturated rings. The number of halogens is 3. The van der Waals surface area contributed by atoms with Gasteiger partial charge in [-0.1, -0.05) is 55.1 Å². The molecule has 16 heteroatoms. The highest BCUT2D eigenvalue weighted by atomic mass is 79.9. The van der Waals surface area contributed by atoms with Gasteiger partial charge in [0.25, 0.3) is 10.0 Å². The number of aromatic nitrogens is 1. The van der Waals surface area contributed by atoms with Crippen LogP contribution in [-0.2, 0) is 37.8 Å². The fourth-order valence-corrected chi connectivity index (χ4v) is 13.5. The van der Waals surface area contributed by atoms with Crippen LogP contribution in [0.15, 0.2) is 60.6 Å². The second-order valence-electron chi connectivity index (χ2n) is 13.1. The quantitative estimate of drug-likeness (QED) is 0.211. The molecule has 6 rings (SSSR count). The lowest BCUT2D eigenvalue weighted by Crippen LogP contribution is -2.45. The molecule has 1 unspecified atom stereocenters. The van der Waals surface area contributed by atoms with Crippen LogP contribution in [0, 0.1) is 11.8 Å². The van der Waals surface area contributed by atoms with Crippen molar-refractivity contribution >= 4 is 86.6 Å². The van der Waals surface area contributed by atoms with E-state index in [1.54, 1.807) is 16.4 Å². The molecule has 5 heterocycles. The van der Waals surface area contributed by atoms with Crippen molar-refractivity contribution in [3.8, 4) is 0 Å². The lowest BCUT2D eigenvalue weighted by atomic mass is 9.87. The number of carbonyl (C=O) groups is 1. The standard InChI is InChI=1S/C33H39Br2ClN4O6S3/c34-28-19-31(47-32(28)36)49(45,46)39-14-10-23(11-15-39)5-3-4-22-8-12-38(13-9-22)33-29(35)18-27(20-37-33)48(43,44)40-21-25-7-2-1-6-24(25)16-26(40)17-30(41)42/h1-2,6-7,18-20,22-23,26H,3-5,8-17,21H2,(H,41,42). The molecule has 2 saturated heterocycles. The Bertz CT molecular complexity index is 1880. The molecule has 0 aliphatic carbocycles. The van der Waals surface area contributed by atoms with E-state index in [0.29, 0.717) is 50.4 Å². The topological polar surface area (TPSA) is 128 Å². The number of carboxylic acids is 1. The summed E-state index contributed by atoms with van der Waals surface area (Å²) in [5.74, 6) is 0.804. The maximum Gasteiger partial charge on any atom is 0.304 e. The smallest absolute Gasteiger partial charge is 0.304 e. The SMILES string of the molecule is O=C(O)CC1Cc2ccccc2CN1S(=O)(=O)c1cnc(N2CCC(CCCC3CCN(S(=O)(=O)c4cc(Br)c(Cl)s4)CC3)CC2)c(Br)c1. The zero-order valence-electron chi connectivity index (χ0n) is 26.8. The molecule has 0 bridgehead atoms. The number of piperidine rings is 2. The molecule has 0 amide bonds. The van der Waals surface area contributed by atoms with Crippen LogP contribution in [0.4, 0.5) is 5.82 Å². The Balaban J connectivity index is 0.987. The summed E-state index contributed by atoms with van der Waals surface area (Å²) >= 11 is 14.1. The molecule has 1 N–H and O–H groups in total. The van der Waals surface area contributed by atoms with Gasteiger partial charge in [-0.2, -0.15) is 8.61 Å². The summed E-state index contributed by atoms with van der Waals surface area (Å²) in [6, 6.07) is 10.1. The Labute approximate surface area is 314 Å². The van der Waals surface area contributed by atoms with Crippen LogP contribution in [0.25, 0.3) is 0 Å². The van der Waals surface area contributed by atoms with Crippen LogP contribution in [-0.4, -0.2) is 73.7 Å². The average molecular weight is 879 g/mol. The van der Waals surface area contributed by atoms with Gasteiger partial charge in [-0.05, 0) is 99.1 Å². The van der Waals surface area contributed by atoms with E-state index in [0.717, 1.165) is 80.5 Å². The van der Waals surface area contributed by atoms with Crippen molar-refractivity contribution in [1.29, 1.82) is 0 Å². The summed E-state index contributed by atoms with van der Waals surface area (Å²) < 4.78 is 58.6. The number of rotatable bonds is 11. The molecule has 1 atom stereocenters. The van der Waals surface area contributed by atoms with Gasteiger partial charge in [0.15, 0.2) is 0 Å². The number of nitrogens with zero attached hydrogens (tertiary/aromatic N) is 4. The van der Waals surface area contributed by atoms with Crippen LogP contribution in [0.2, 0.25) is 4.34 Å². The first-order valence-electron chi connectivity index (χ1n) is 16.5. The van der Waals surface area contributed by atoms with Crippen LogP contribution in [0.1, 0.15) is 62.5 Å². The second kappa shape index (κ2) is 15.6. The van der Waals surface area contributed by atoms with Crippen LogP contribution in [0.5, 0.6) is 0 Å². The minimum Gasteiger partial charge on any atom is -0.481 e. The summed E-state index contributed by atoms with van der Waals surface area (Å²) in [7, 11) is -7.52. The largest absolute Gasteiger partial charge is 0.481 e. The number of sulfonamides is 2. The number of fused-ring (bicyclic) bond motifs is 1. The molecule has 3 aliphatic heterocycles. The van der Waals surface area contributed by atoms with E-state index in [2.05, 4.69) is 41.7 Å². The summed E-state index contributed by atoms with van der Waals surface area (Å²) in [4.78, 5) is 18.5. The van der Waals surface area contributed by atoms with Crippen molar-refractivity contribution in [2.75, 3.05) is 31.1 Å². The second-order valence-corrected chi connectivity index (χ2v) is 20.6. The number of hydrogen-bond donors (Lipinski definition) is 1. The van der Waals surface area contributed by atoms with E-state index < -0.39 is 32.1 Å². The normalized spacial score (nSPS) is 20.4. The number of hydrogen-bond acceptors (Lipinski definition) is 8. The summed E-state index contributed by atoms with van der Waals surface area (Å²) in [6.45, 7) is 2.84. The molecule has 10 nitrogen and oxygen atoms in total. The van der Waals surface area contributed by atoms with Gasteiger partial charge >= 0.3 is 5.97 Å². The van der Waals surface area contributed by atoms with Gasteiger partial charge in [-0.15, -0.1) is 11.3 Å². The van der Waals surface area contributed by atoms with Gasteiger partial charge < -0.3 is 10.0 Å². The van der Waals surface area contributed by atoms with Crippen LogP contribution < -0.4 is 4.90 Å². The summed E-state index contributed by atoms with van der Waals surface area (Å²) in [5.41, 5.74) is 1.85. The first kappa shape index (κ1) is 37.2. The van der Waals surface area contributed by atoms with Crippen LogP contribution >= 0.6 is 54.8 Å². The third-order valence-electron chi connectivity index (χ3n) is 10.0. The van der Waals surface area contributed by atoms with E-state index >= 15 is 0 Å². The van der Waals surface area contributed by atoms with Gasteiger partial charge in [0.2, 0.25) is 10.0 Å². The van der Waals surface area contributed by atoms with Gasteiger partial charge in [-0.3, -0.25) is 4.79 Å². The number of benzene rings is 1. The molecule has 0 saturated carbocycles. The fraction of sp³-hybridized carbons (Fsp3) is 0.515. The molecule has 0 radical (unpaired) electrons. The highest BCUT2D eigenvalue weighted by molar-refractivity contribution is 9.11. The average Bonchev–Trinajstić information content (AvgIpc) is 3.43. The Morgan fingerprint density at radius 1 is 0.918 bits per heavy atom. The Kier molecular flexibility index (Phi) is 11.8. The predicted octanol–water partition coefficient (Wildman–Crippen LogP) is 7.40. The van der Waals surface area contributed by atoms with E-state index in [-0.39, 0.29) is 22.1 Å². The number of pyridine rings is 1. The first-order valence-corrected chi connectivity index (χ1v) is 22.1. The minimum absolute atomic E-state index is 0.0419. The van der Waals surface area contributed by atoms with Crippen molar-refractivity contribution in [3.63, 3.8) is 0 Å². The van der Waals surface area contributed by atoms with Crippen molar-refractivity contribution in [1.82, 2.24) is 13.6 Å². The highest BCUT2D eigenvalue weighted by Gasteiger charge is 2.38. The number of carboxylic acid groups (broad SMARTS) is 1. The van der Waals surface area contributed by atoms with Gasteiger partial charge in [0.05, 0.1) is 10.9 Å². The zero-order chi connectivity index (χ0) is 34.9. The molecule has 3 aromatic rings. The van der Waals surface area contributed by atoms with E-state index in [1.165, 1.54) is 10.5 Å². The minimum atomic E-state index is -4.00. The molecule has 2 aromatic heterocycles. The Morgan fingerprint density at radius 3 is 2.14 bits per heavy atom.